The summed E-state index contributed by atoms with van der Waals surface area (Å²) in [6.07, 6.45) is 4.72. The Kier molecular flexibility index (Phi) is 7.57. The fourth-order valence-electron chi connectivity index (χ4n) is 4.50. The standard InChI is InChI=1S/C28H26N4O4S/c1-17-7-11-24-21(13-17)16-26(37-36-35-34)27(28(24)33)32-30-22-10-12-25(18(2)14-22)31-29-23-9-8-19-5-3-4-6-20(19)15-23/h7-16,33-34H,3-6H2,1-2H3. The van der Waals surface area contributed by atoms with E-state index < -0.39 is 0 Å². The molecule has 0 heterocycles. The first-order chi connectivity index (χ1) is 18.0. The van der Waals surface area contributed by atoms with Crippen molar-refractivity contribution in [1.29, 1.82) is 0 Å². The Labute approximate surface area is 218 Å². The van der Waals surface area contributed by atoms with Crippen LogP contribution in [0.25, 0.3) is 10.8 Å². The third-order valence-electron chi connectivity index (χ3n) is 6.41. The molecule has 0 aromatic heterocycles. The van der Waals surface area contributed by atoms with Crippen molar-refractivity contribution in [3.8, 4) is 5.75 Å². The van der Waals surface area contributed by atoms with E-state index in [1.165, 1.54) is 24.0 Å². The molecule has 1 aliphatic carbocycles. The molecular weight excluding hydrogens is 488 g/mol. The van der Waals surface area contributed by atoms with Crippen molar-refractivity contribution in [1.82, 2.24) is 0 Å². The van der Waals surface area contributed by atoms with Crippen LogP contribution in [0, 0.1) is 13.8 Å². The SMILES string of the molecule is Cc1ccc2c(O)c(N=Nc3ccc(N=Nc4ccc5c(c4)CCCC5)c(C)c3)c(SOOO)cc2c1. The van der Waals surface area contributed by atoms with Gasteiger partial charge in [-0.25, -0.2) is 5.26 Å². The van der Waals surface area contributed by atoms with Crippen molar-refractivity contribution in [3.63, 3.8) is 0 Å². The molecule has 1 aliphatic rings. The molecule has 5 rings (SSSR count). The maximum atomic E-state index is 10.9. The summed E-state index contributed by atoms with van der Waals surface area (Å²) in [6, 6.07) is 19.2. The van der Waals surface area contributed by atoms with Crippen LogP contribution in [0.5, 0.6) is 5.75 Å². The Morgan fingerprint density at radius 1 is 0.784 bits per heavy atom. The van der Waals surface area contributed by atoms with E-state index in [4.69, 9.17) is 5.26 Å². The van der Waals surface area contributed by atoms with Crippen LogP contribution in [0.4, 0.5) is 22.7 Å². The monoisotopic (exact) mass is 514 g/mol. The lowest BCUT2D eigenvalue weighted by Crippen LogP contribution is -2.01. The highest BCUT2D eigenvalue weighted by atomic mass is 32.2. The molecule has 9 heteroatoms. The number of aromatic hydroxyl groups is 1. The van der Waals surface area contributed by atoms with E-state index in [0.29, 0.717) is 16.0 Å². The van der Waals surface area contributed by atoms with E-state index in [1.807, 2.05) is 50.2 Å². The first-order valence-corrected chi connectivity index (χ1v) is 12.7. The number of fused-ring (bicyclic) bond motifs is 2. The molecule has 0 aliphatic heterocycles. The van der Waals surface area contributed by atoms with E-state index in [2.05, 4.69) is 42.0 Å². The second-order valence-corrected chi connectivity index (χ2v) is 9.80. The molecule has 188 valence electrons. The Morgan fingerprint density at radius 2 is 1.54 bits per heavy atom. The van der Waals surface area contributed by atoms with Gasteiger partial charge in [-0.05, 0) is 98.0 Å². The lowest BCUT2D eigenvalue weighted by molar-refractivity contribution is -0.432. The van der Waals surface area contributed by atoms with Gasteiger partial charge in [0.2, 0.25) is 0 Å². The molecule has 0 amide bonds. The minimum Gasteiger partial charge on any atom is -0.505 e. The van der Waals surface area contributed by atoms with Gasteiger partial charge in [-0.1, -0.05) is 34.9 Å². The molecule has 0 atom stereocenters. The summed E-state index contributed by atoms with van der Waals surface area (Å²) in [7, 11) is 0. The van der Waals surface area contributed by atoms with E-state index in [-0.39, 0.29) is 11.4 Å². The molecule has 0 fully saturated rings. The Morgan fingerprint density at radius 3 is 2.35 bits per heavy atom. The molecule has 0 spiro atoms. The van der Waals surface area contributed by atoms with Crippen molar-refractivity contribution >= 4 is 45.6 Å². The smallest absolute Gasteiger partial charge is 0.152 e. The zero-order valence-corrected chi connectivity index (χ0v) is 21.3. The number of azo groups is 2. The van der Waals surface area contributed by atoms with Crippen LogP contribution in [0.2, 0.25) is 0 Å². The first-order valence-electron chi connectivity index (χ1n) is 12.0. The molecule has 0 unspecified atom stereocenters. The van der Waals surface area contributed by atoms with Gasteiger partial charge in [0.25, 0.3) is 0 Å². The van der Waals surface area contributed by atoms with Crippen LogP contribution in [0.15, 0.2) is 86.0 Å². The van der Waals surface area contributed by atoms with Gasteiger partial charge < -0.3 is 5.11 Å². The maximum absolute atomic E-state index is 10.9. The molecule has 2 N–H and O–H groups in total. The van der Waals surface area contributed by atoms with Gasteiger partial charge in [-0.15, -0.1) is 9.45 Å². The number of hydrogen-bond acceptors (Lipinski definition) is 9. The minimum absolute atomic E-state index is 0.0440. The molecule has 4 aromatic carbocycles. The predicted octanol–water partition coefficient (Wildman–Crippen LogP) is 9.30. The number of phenols is 1. The zero-order valence-electron chi connectivity index (χ0n) is 20.5. The lowest BCUT2D eigenvalue weighted by atomic mass is 9.91. The van der Waals surface area contributed by atoms with Gasteiger partial charge in [0.05, 0.1) is 34.0 Å². The molecule has 0 saturated heterocycles. The molecule has 0 bridgehead atoms. The fourth-order valence-corrected chi connectivity index (χ4v) is 4.99. The van der Waals surface area contributed by atoms with E-state index >= 15 is 0 Å². The number of nitrogens with zero attached hydrogens (tertiary/aromatic N) is 4. The van der Waals surface area contributed by atoms with E-state index in [9.17, 15) is 5.11 Å². The maximum Gasteiger partial charge on any atom is 0.152 e. The van der Waals surface area contributed by atoms with Crippen molar-refractivity contribution in [2.45, 2.75) is 44.4 Å². The molecule has 0 saturated carbocycles. The summed E-state index contributed by atoms with van der Waals surface area (Å²) >= 11 is 0.722. The van der Waals surface area contributed by atoms with Crippen LogP contribution < -0.4 is 0 Å². The second-order valence-electron chi connectivity index (χ2n) is 9.05. The summed E-state index contributed by atoms with van der Waals surface area (Å²) in [6.45, 7) is 3.90. The fraction of sp³-hybridized carbons (Fsp3) is 0.214. The van der Waals surface area contributed by atoms with Crippen molar-refractivity contribution in [2.75, 3.05) is 0 Å². The van der Waals surface area contributed by atoms with Crippen LogP contribution in [0.1, 0.15) is 35.1 Å². The Hall–Kier alpha value is -3.63. The Bertz CT molecular complexity index is 1520. The molecule has 0 radical (unpaired) electrons. The summed E-state index contributed by atoms with van der Waals surface area (Å²) in [5, 5.41) is 42.2. The number of phenolic OH excluding ortho intramolecular Hbond substituents is 1. The van der Waals surface area contributed by atoms with Gasteiger partial charge in [0.15, 0.2) is 5.75 Å². The number of hydrogen-bond donors (Lipinski definition) is 2. The zero-order chi connectivity index (χ0) is 25.8. The van der Waals surface area contributed by atoms with Gasteiger partial charge in [-0.3, -0.25) is 0 Å². The predicted molar refractivity (Wildman–Crippen MR) is 144 cm³/mol. The number of aryl methyl sites for hydroxylation is 4. The van der Waals surface area contributed by atoms with Crippen LogP contribution >= 0.6 is 12.0 Å². The van der Waals surface area contributed by atoms with Crippen molar-refractivity contribution < 1.29 is 19.7 Å². The van der Waals surface area contributed by atoms with Crippen LogP contribution in [-0.4, -0.2) is 10.4 Å². The number of benzene rings is 4. The third-order valence-corrected chi connectivity index (χ3v) is 7.03. The summed E-state index contributed by atoms with van der Waals surface area (Å²) in [5.41, 5.74) is 7.10. The minimum atomic E-state index is -0.0440. The van der Waals surface area contributed by atoms with E-state index in [1.54, 1.807) is 12.1 Å². The second kappa shape index (κ2) is 11.2. The topological polar surface area (TPSA) is 108 Å². The quantitative estimate of drug-likeness (QED) is 0.111. The van der Waals surface area contributed by atoms with Gasteiger partial charge in [-0.2, -0.15) is 15.3 Å². The summed E-state index contributed by atoms with van der Waals surface area (Å²) in [4.78, 5) is 0.431. The van der Waals surface area contributed by atoms with Gasteiger partial charge >= 0.3 is 0 Å². The number of rotatable bonds is 7. The average Bonchev–Trinajstić information content (AvgIpc) is 2.90. The van der Waals surface area contributed by atoms with Gasteiger partial charge in [0.1, 0.15) is 5.69 Å². The van der Waals surface area contributed by atoms with Crippen LogP contribution in [0.3, 0.4) is 0 Å². The molecular formula is C28H26N4O4S. The highest BCUT2D eigenvalue weighted by Gasteiger charge is 2.15. The average molecular weight is 515 g/mol. The summed E-state index contributed by atoms with van der Waals surface area (Å²) < 4.78 is 4.61. The van der Waals surface area contributed by atoms with Crippen molar-refractivity contribution in [3.05, 3.63) is 82.9 Å². The Balaban J connectivity index is 1.39. The summed E-state index contributed by atoms with van der Waals surface area (Å²) in [5.74, 6) is -0.0440. The normalized spacial score (nSPS) is 13.6. The van der Waals surface area contributed by atoms with E-state index in [0.717, 1.165) is 52.8 Å². The largest absolute Gasteiger partial charge is 0.505 e. The molecule has 8 nitrogen and oxygen atoms in total. The van der Waals surface area contributed by atoms with Crippen LogP contribution in [-0.2, 0) is 22.2 Å². The molecule has 37 heavy (non-hydrogen) atoms. The van der Waals surface area contributed by atoms with Gasteiger partial charge in [0, 0.05) is 5.39 Å². The third kappa shape index (κ3) is 5.70. The molecule has 4 aromatic rings. The lowest BCUT2D eigenvalue weighted by Gasteiger charge is -2.15. The first kappa shape index (κ1) is 25.0. The highest BCUT2D eigenvalue weighted by molar-refractivity contribution is 7.94. The van der Waals surface area contributed by atoms with Crippen molar-refractivity contribution in [2.24, 2.45) is 20.5 Å². The highest BCUT2D eigenvalue weighted by Crippen LogP contribution is 2.44.